The van der Waals surface area contributed by atoms with E-state index in [1.807, 2.05) is 0 Å². The van der Waals surface area contributed by atoms with Gasteiger partial charge in [-0.3, -0.25) is 9.59 Å². The first-order valence-electron chi connectivity index (χ1n) is 8.05. The molecule has 0 aromatic heterocycles. The number of carbonyl (C=O) groups is 4. The Morgan fingerprint density at radius 1 is 0.926 bits per heavy atom. The second-order valence-electron chi connectivity index (χ2n) is 6.11. The summed E-state index contributed by atoms with van der Waals surface area (Å²) < 4.78 is 14.8. The van der Waals surface area contributed by atoms with Gasteiger partial charge in [-0.15, -0.1) is 0 Å². The van der Waals surface area contributed by atoms with Gasteiger partial charge in [0.05, 0.1) is 43.5 Å². The molecule has 2 aliphatic rings. The Bertz CT molecular complexity index is 812. The van der Waals surface area contributed by atoms with E-state index in [0.29, 0.717) is 0 Å². The third-order valence-electron chi connectivity index (χ3n) is 4.53. The van der Waals surface area contributed by atoms with E-state index < -0.39 is 47.9 Å². The van der Waals surface area contributed by atoms with Crippen LogP contribution in [0, 0.1) is 11.8 Å². The van der Waals surface area contributed by atoms with Gasteiger partial charge in [-0.05, 0) is 18.2 Å². The maximum Gasteiger partial charge on any atom is 0.337 e. The summed E-state index contributed by atoms with van der Waals surface area (Å²) in [6.07, 6.45) is 1.98. The molecular formula is C18H17NO8. The normalized spacial score (nSPS) is 25.1. The van der Waals surface area contributed by atoms with Crippen LogP contribution in [-0.2, 0) is 23.8 Å². The first-order valence-corrected chi connectivity index (χ1v) is 8.05. The second-order valence-corrected chi connectivity index (χ2v) is 6.11. The van der Waals surface area contributed by atoms with Crippen molar-refractivity contribution in [3.8, 4) is 0 Å². The van der Waals surface area contributed by atoms with Crippen LogP contribution in [0.2, 0.25) is 0 Å². The zero-order valence-electron chi connectivity index (χ0n) is 14.5. The fourth-order valence-corrected chi connectivity index (χ4v) is 3.31. The Morgan fingerprint density at radius 2 is 1.44 bits per heavy atom. The van der Waals surface area contributed by atoms with Crippen LogP contribution in [0.3, 0.4) is 0 Å². The fraction of sp³-hybridized carbons (Fsp3) is 0.333. The molecule has 1 aromatic rings. The molecule has 9 heteroatoms. The first kappa shape index (κ1) is 18.6. The van der Waals surface area contributed by atoms with Gasteiger partial charge < -0.3 is 24.6 Å². The number of nitrogens with one attached hydrogen (secondary N) is 1. The Balaban J connectivity index is 1.89. The lowest BCUT2D eigenvalue weighted by Crippen LogP contribution is -2.39. The first-order chi connectivity index (χ1) is 12.8. The minimum Gasteiger partial charge on any atom is -0.481 e. The van der Waals surface area contributed by atoms with Gasteiger partial charge in [-0.2, -0.15) is 0 Å². The average Bonchev–Trinajstić information content (AvgIpc) is 3.27. The topological polar surface area (TPSA) is 128 Å². The number of amides is 1. The number of carboxylic acid groups (broad SMARTS) is 1. The summed E-state index contributed by atoms with van der Waals surface area (Å²) in [5, 5.41) is 12.0. The number of aliphatic carboxylic acids is 1. The molecule has 27 heavy (non-hydrogen) atoms. The molecule has 3 rings (SSSR count). The molecule has 0 aliphatic carbocycles. The molecule has 1 saturated heterocycles. The summed E-state index contributed by atoms with van der Waals surface area (Å²) in [7, 11) is 2.36. The molecule has 2 heterocycles. The van der Waals surface area contributed by atoms with E-state index in [4.69, 9.17) is 4.74 Å². The number of anilines is 1. The van der Waals surface area contributed by atoms with E-state index in [9.17, 15) is 24.3 Å². The number of esters is 2. The van der Waals surface area contributed by atoms with E-state index in [1.165, 1.54) is 32.4 Å². The second kappa shape index (κ2) is 7.20. The van der Waals surface area contributed by atoms with E-state index in [1.54, 1.807) is 12.2 Å². The number of methoxy groups -OCH3 is 2. The minimum absolute atomic E-state index is 0.0366. The van der Waals surface area contributed by atoms with Crippen LogP contribution < -0.4 is 5.32 Å². The molecule has 0 radical (unpaired) electrons. The van der Waals surface area contributed by atoms with E-state index in [-0.39, 0.29) is 16.8 Å². The van der Waals surface area contributed by atoms with Crippen LogP contribution in [0.1, 0.15) is 20.7 Å². The number of hydrogen-bond donors (Lipinski definition) is 2. The van der Waals surface area contributed by atoms with E-state index >= 15 is 0 Å². The van der Waals surface area contributed by atoms with Crippen molar-refractivity contribution in [1.82, 2.24) is 0 Å². The number of benzene rings is 1. The molecular weight excluding hydrogens is 358 g/mol. The molecule has 2 N–H and O–H groups in total. The van der Waals surface area contributed by atoms with Gasteiger partial charge in [-0.25, -0.2) is 9.59 Å². The van der Waals surface area contributed by atoms with Crippen molar-refractivity contribution in [2.75, 3.05) is 19.5 Å². The third kappa shape index (κ3) is 3.41. The smallest absolute Gasteiger partial charge is 0.337 e. The lowest BCUT2D eigenvalue weighted by Gasteiger charge is -2.21. The van der Waals surface area contributed by atoms with Crippen molar-refractivity contribution in [2.24, 2.45) is 11.8 Å². The summed E-state index contributed by atoms with van der Waals surface area (Å²) >= 11 is 0. The van der Waals surface area contributed by atoms with Crippen molar-refractivity contribution < 1.29 is 38.5 Å². The Labute approximate surface area is 153 Å². The van der Waals surface area contributed by atoms with Crippen LogP contribution in [-0.4, -0.2) is 55.3 Å². The maximum absolute atomic E-state index is 12.7. The largest absolute Gasteiger partial charge is 0.481 e. The van der Waals surface area contributed by atoms with Crippen LogP contribution >= 0.6 is 0 Å². The minimum atomic E-state index is -1.13. The van der Waals surface area contributed by atoms with Crippen LogP contribution in [0.4, 0.5) is 5.69 Å². The van der Waals surface area contributed by atoms with Gasteiger partial charge in [0.1, 0.15) is 5.92 Å². The highest BCUT2D eigenvalue weighted by Crippen LogP contribution is 2.40. The Morgan fingerprint density at radius 3 is 1.93 bits per heavy atom. The number of hydrogen-bond acceptors (Lipinski definition) is 7. The summed E-state index contributed by atoms with van der Waals surface area (Å²) in [6, 6.07) is 3.93. The molecule has 0 spiro atoms. The maximum atomic E-state index is 12.7. The molecule has 4 atom stereocenters. The van der Waals surface area contributed by atoms with Crippen molar-refractivity contribution in [1.29, 1.82) is 0 Å². The molecule has 142 valence electrons. The van der Waals surface area contributed by atoms with Gasteiger partial charge >= 0.3 is 17.9 Å². The molecule has 2 bridgehead atoms. The van der Waals surface area contributed by atoms with Gasteiger partial charge in [0.25, 0.3) is 0 Å². The zero-order chi connectivity index (χ0) is 19.7. The summed E-state index contributed by atoms with van der Waals surface area (Å²) in [5.41, 5.74) is 0.211. The number of ether oxygens (including phenoxy) is 3. The molecule has 1 fully saturated rings. The van der Waals surface area contributed by atoms with Crippen molar-refractivity contribution >= 4 is 29.5 Å². The lowest BCUT2D eigenvalue weighted by atomic mass is 9.82. The zero-order valence-corrected chi connectivity index (χ0v) is 14.5. The monoisotopic (exact) mass is 375 g/mol. The SMILES string of the molecule is COC(=O)c1cc(NC(=O)[C@H]2[C@H](C(=O)O)[C@H]3C=C[C@H]2O3)cc(C(=O)OC)c1. The van der Waals surface area contributed by atoms with Crippen molar-refractivity contribution in [3.63, 3.8) is 0 Å². The van der Waals surface area contributed by atoms with Gasteiger partial charge in [0.2, 0.25) is 5.91 Å². The van der Waals surface area contributed by atoms with E-state index in [2.05, 4.69) is 14.8 Å². The van der Waals surface area contributed by atoms with E-state index in [0.717, 1.165) is 0 Å². The Kier molecular flexibility index (Phi) is 4.95. The molecule has 0 unspecified atom stereocenters. The highest BCUT2D eigenvalue weighted by molar-refractivity contribution is 6.01. The fourth-order valence-electron chi connectivity index (χ4n) is 3.31. The average molecular weight is 375 g/mol. The standard InChI is InChI=1S/C18H17NO8/c1-25-17(23)8-5-9(18(24)26-2)7-10(6-8)19-15(20)13-11-3-4-12(27-11)14(13)16(21)22/h3-7,11-14H,1-2H3,(H,19,20)(H,21,22)/t11-,12-,13-,14-/m1/s1. The molecule has 9 nitrogen and oxygen atoms in total. The van der Waals surface area contributed by atoms with Gasteiger partial charge in [0.15, 0.2) is 0 Å². The molecule has 0 saturated carbocycles. The Hall–Kier alpha value is -3.20. The quantitative estimate of drug-likeness (QED) is 0.573. The molecule has 1 amide bonds. The highest BCUT2D eigenvalue weighted by atomic mass is 16.5. The summed E-state index contributed by atoms with van der Waals surface area (Å²) in [4.78, 5) is 47.9. The number of carboxylic acids is 1. The number of fused-ring (bicyclic) bond motifs is 2. The van der Waals surface area contributed by atoms with Crippen LogP contribution in [0.5, 0.6) is 0 Å². The predicted octanol–water partition coefficient (Wildman–Crippen LogP) is 0.852. The third-order valence-corrected chi connectivity index (χ3v) is 4.53. The number of rotatable bonds is 5. The molecule has 1 aromatic carbocycles. The summed E-state index contributed by atoms with van der Waals surface area (Å²) in [5.74, 6) is -5.07. The number of carbonyl (C=O) groups excluding carboxylic acids is 3. The van der Waals surface area contributed by atoms with Gasteiger partial charge in [0, 0.05) is 5.69 Å². The highest BCUT2D eigenvalue weighted by Gasteiger charge is 2.53. The van der Waals surface area contributed by atoms with Gasteiger partial charge in [-0.1, -0.05) is 12.2 Å². The van der Waals surface area contributed by atoms with Crippen molar-refractivity contribution in [2.45, 2.75) is 12.2 Å². The van der Waals surface area contributed by atoms with Crippen LogP contribution in [0.25, 0.3) is 0 Å². The van der Waals surface area contributed by atoms with Crippen molar-refractivity contribution in [3.05, 3.63) is 41.5 Å². The van der Waals surface area contributed by atoms with Crippen LogP contribution in [0.15, 0.2) is 30.4 Å². The summed E-state index contributed by atoms with van der Waals surface area (Å²) in [6.45, 7) is 0. The molecule has 2 aliphatic heterocycles. The predicted molar refractivity (Wildman–Crippen MR) is 90.2 cm³/mol. The lowest BCUT2D eigenvalue weighted by molar-refractivity contribution is -0.145.